The molecule has 3 heterocycles. The van der Waals surface area contributed by atoms with Crippen molar-refractivity contribution < 1.29 is 4.79 Å². The molecule has 3 aromatic heterocycles. The summed E-state index contributed by atoms with van der Waals surface area (Å²) in [6.45, 7) is 7.49. The van der Waals surface area contributed by atoms with Crippen molar-refractivity contribution >= 4 is 17.2 Å². The highest BCUT2D eigenvalue weighted by molar-refractivity contribution is 7.17. The van der Waals surface area contributed by atoms with Gasteiger partial charge < -0.3 is 4.90 Å². The lowest BCUT2D eigenvalue weighted by atomic mass is 10.1. The van der Waals surface area contributed by atoms with Gasteiger partial charge in [-0.25, -0.2) is 19.3 Å². The van der Waals surface area contributed by atoms with E-state index in [2.05, 4.69) is 20.2 Å². The SMILES string of the molecule is Cc1nc(-c2c(C)c(C)nn(C)c2=O)sc1C(=O)N(C)C(C)c1ccc(-n2cncn2)cc1. The highest BCUT2D eigenvalue weighted by Crippen LogP contribution is 2.31. The van der Waals surface area contributed by atoms with Crippen LogP contribution in [0.3, 0.4) is 0 Å². The van der Waals surface area contributed by atoms with Crippen LogP contribution < -0.4 is 5.56 Å². The van der Waals surface area contributed by atoms with Crippen molar-refractivity contribution in [3.8, 4) is 16.3 Å². The summed E-state index contributed by atoms with van der Waals surface area (Å²) < 4.78 is 2.99. The standard InChI is InChI=1S/C23H25N7O2S/c1-13-14(2)27-29(6)22(31)19(13)21-26-15(3)20(33-21)23(32)28(5)16(4)17-7-9-18(10-8-17)30-12-24-11-25-30/h7-12,16H,1-6H3. The van der Waals surface area contributed by atoms with E-state index in [9.17, 15) is 9.59 Å². The van der Waals surface area contributed by atoms with Crippen molar-refractivity contribution in [3.63, 3.8) is 0 Å². The van der Waals surface area contributed by atoms with Gasteiger partial charge in [-0.15, -0.1) is 11.3 Å². The number of carbonyl (C=O) groups is 1. The van der Waals surface area contributed by atoms with Gasteiger partial charge in [-0.05, 0) is 51.0 Å². The van der Waals surface area contributed by atoms with Crippen molar-refractivity contribution in [1.29, 1.82) is 0 Å². The van der Waals surface area contributed by atoms with Crippen LogP contribution in [0.25, 0.3) is 16.3 Å². The second-order valence-corrected chi connectivity index (χ2v) is 8.97. The molecule has 1 aromatic carbocycles. The zero-order valence-corrected chi connectivity index (χ0v) is 20.2. The first kappa shape index (κ1) is 22.5. The van der Waals surface area contributed by atoms with Crippen LogP contribution in [0.15, 0.2) is 41.7 Å². The van der Waals surface area contributed by atoms with E-state index in [1.54, 1.807) is 36.9 Å². The molecule has 1 atom stereocenters. The van der Waals surface area contributed by atoms with Gasteiger partial charge in [0.25, 0.3) is 11.5 Å². The molecule has 9 nitrogen and oxygen atoms in total. The number of amides is 1. The third-order valence-electron chi connectivity index (χ3n) is 5.89. The fourth-order valence-corrected chi connectivity index (χ4v) is 4.75. The van der Waals surface area contributed by atoms with E-state index in [0.717, 1.165) is 22.5 Å². The smallest absolute Gasteiger partial charge is 0.277 e. The van der Waals surface area contributed by atoms with Crippen LogP contribution in [-0.2, 0) is 7.05 Å². The predicted octanol–water partition coefficient (Wildman–Crippen LogP) is 3.24. The summed E-state index contributed by atoms with van der Waals surface area (Å²) in [6, 6.07) is 7.68. The second kappa shape index (κ2) is 8.70. The van der Waals surface area contributed by atoms with Crippen molar-refractivity contribution in [2.24, 2.45) is 7.05 Å². The molecule has 0 aliphatic rings. The van der Waals surface area contributed by atoms with E-state index in [0.29, 0.717) is 21.1 Å². The highest BCUT2D eigenvalue weighted by Gasteiger charge is 2.25. The Morgan fingerprint density at radius 3 is 2.45 bits per heavy atom. The average Bonchev–Trinajstić information content (AvgIpc) is 3.47. The first-order valence-corrected chi connectivity index (χ1v) is 11.2. The van der Waals surface area contributed by atoms with Crippen molar-refractivity contribution in [1.82, 2.24) is 34.4 Å². The van der Waals surface area contributed by atoms with Crippen LogP contribution in [0, 0.1) is 20.8 Å². The molecule has 4 rings (SSSR count). The second-order valence-electron chi connectivity index (χ2n) is 7.97. The van der Waals surface area contributed by atoms with Crippen LogP contribution in [0.4, 0.5) is 0 Å². The first-order valence-electron chi connectivity index (χ1n) is 10.4. The van der Waals surface area contributed by atoms with Crippen molar-refractivity contribution in [2.75, 3.05) is 7.05 Å². The molecule has 0 saturated carbocycles. The minimum absolute atomic E-state index is 0.135. The quantitative estimate of drug-likeness (QED) is 0.451. The Morgan fingerprint density at radius 1 is 1.12 bits per heavy atom. The largest absolute Gasteiger partial charge is 0.334 e. The summed E-state index contributed by atoms with van der Waals surface area (Å²) in [5.41, 5.74) is 4.30. The molecule has 1 unspecified atom stereocenters. The van der Waals surface area contributed by atoms with Gasteiger partial charge >= 0.3 is 0 Å². The van der Waals surface area contributed by atoms with Crippen LogP contribution in [-0.4, -0.2) is 47.4 Å². The van der Waals surface area contributed by atoms with Gasteiger partial charge in [-0.1, -0.05) is 12.1 Å². The average molecular weight is 464 g/mol. The molecule has 33 heavy (non-hydrogen) atoms. The molecule has 0 aliphatic carbocycles. The number of rotatable bonds is 5. The van der Waals surface area contributed by atoms with Crippen LogP contribution >= 0.6 is 11.3 Å². The summed E-state index contributed by atoms with van der Waals surface area (Å²) in [4.78, 5) is 36.8. The van der Waals surface area contributed by atoms with Gasteiger partial charge in [0.15, 0.2) is 0 Å². The molecule has 0 saturated heterocycles. The Bertz CT molecular complexity index is 1370. The normalized spacial score (nSPS) is 12.1. The third kappa shape index (κ3) is 4.09. The van der Waals surface area contributed by atoms with E-state index in [1.807, 2.05) is 45.0 Å². The van der Waals surface area contributed by atoms with Crippen LogP contribution in [0.1, 0.15) is 45.2 Å². The Morgan fingerprint density at radius 2 is 1.82 bits per heavy atom. The summed E-state index contributed by atoms with van der Waals surface area (Å²) in [6.07, 6.45) is 3.12. The summed E-state index contributed by atoms with van der Waals surface area (Å²) in [5, 5.41) is 8.90. The van der Waals surface area contributed by atoms with Gasteiger partial charge in [0.2, 0.25) is 0 Å². The van der Waals surface area contributed by atoms with E-state index in [4.69, 9.17) is 0 Å². The molecule has 10 heteroatoms. The van der Waals surface area contributed by atoms with E-state index >= 15 is 0 Å². The molecule has 0 fully saturated rings. The number of thiazole rings is 1. The number of hydrogen-bond acceptors (Lipinski definition) is 7. The fraction of sp³-hybridized carbons (Fsp3) is 0.304. The van der Waals surface area contributed by atoms with Gasteiger partial charge in [0.1, 0.15) is 22.5 Å². The monoisotopic (exact) mass is 463 g/mol. The van der Waals surface area contributed by atoms with Gasteiger partial charge in [0, 0.05) is 14.1 Å². The van der Waals surface area contributed by atoms with Crippen LogP contribution in [0.2, 0.25) is 0 Å². The summed E-state index contributed by atoms with van der Waals surface area (Å²) in [7, 11) is 3.40. The highest BCUT2D eigenvalue weighted by atomic mass is 32.1. The number of carbonyl (C=O) groups excluding carboxylic acids is 1. The van der Waals surface area contributed by atoms with E-state index < -0.39 is 0 Å². The number of aromatic nitrogens is 6. The molecule has 170 valence electrons. The van der Waals surface area contributed by atoms with E-state index in [1.165, 1.54) is 22.3 Å². The zero-order valence-electron chi connectivity index (χ0n) is 19.4. The molecule has 4 aromatic rings. The summed E-state index contributed by atoms with van der Waals surface area (Å²) in [5.74, 6) is -0.135. The van der Waals surface area contributed by atoms with Gasteiger partial charge in [0.05, 0.1) is 28.7 Å². The first-order chi connectivity index (χ1) is 15.7. The van der Waals surface area contributed by atoms with Gasteiger partial charge in [-0.3, -0.25) is 9.59 Å². The number of aryl methyl sites for hydroxylation is 3. The lowest BCUT2D eigenvalue weighted by molar-refractivity contribution is 0.0746. The maximum Gasteiger partial charge on any atom is 0.277 e. The number of benzene rings is 1. The Hall–Kier alpha value is -3.66. The minimum atomic E-state index is -0.222. The number of hydrogen-bond donors (Lipinski definition) is 0. The minimum Gasteiger partial charge on any atom is -0.334 e. The molecule has 0 bridgehead atoms. The summed E-state index contributed by atoms with van der Waals surface area (Å²) >= 11 is 1.25. The molecular weight excluding hydrogens is 438 g/mol. The van der Waals surface area contributed by atoms with Gasteiger partial charge in [-0.2, -0.15) is 10.2 Å². The number of nitrogens with zero attached hydrogens (tertiary/aromatic N) is 7. The van der Waals surface area contributed by atoms with Crippen molar-refractivity contribution in [3.05, 3.63) is 74.7 Å². The lowest BCUT2D eigenvalue weighted by Crippen LogP contribution is -2.29. The van der Waals surface area contributed by atoms with Crippen LogP contribution in [0.5, 0.6) is 0 Å². The Kier molecular flexibility index (Phi) is 5.94. The fourth-order valence-electron chi connectivity index (χ4n) is 3.61. The molecule has 0 N–H and O–H groups in total. The Balaban J connectivity index is 1.61. The lowest BCUT2D eigenvalue weighted by Gasteiger charge is -2.25. The maximum absolute atomic E-state index is 13.4. The maximum atomic E-state index is 13.4. The van der Waals surface area contributed by atoms with E-state index in [-0.39, 0.29) is 17.5 Å². The topological polar surface area (TPSA) is 98.8 Å². The molecule has 1 amide bonds. The zero-order chi connectivity index (χ0) is 23.9. The molecule has 0 aliphatic heterocycles. The third-order valence-corrected chi connectivity index (χ3v) is 7.05. The molecule has 0 spiro atoms. The predicted molar refractivity (Wildman–Crippen MR) is 127 cm³/mol. The van der Waals surface area contributed by atoms with Crippen molar-refractivity contribution in [2.45, 2.75) is 33.7 Å². The molecule has 0 radical (unpaired) electrons. The Labute approximate surface area is 195 Å². The molecular formula is C23H25N7O2S.